The minimum Gasteiger partial charge on any atom is -0.493 e. The van der Waals surface area contributed by atoms with Gasteiger partial charge in [-0.1, -0.05) is 6.07 Å². The van der Waals surface area contributed by atoms with Gasteiger partial charge < -0.3 is 14.8 Å². The van der Waals surface area contributed by atoms with E-state index in [9.17, 15) is 9.59 Å². The third-order valence-electron chi connectivity index (χ3n) is 3.83. The Morgan fingerprint density at radius 3 is 2.70 bits per heavy atom. The Kier molecular flexibility index (Phi) is 5.87. The van der Waals surface area contributed by atoms with Crippen molar-refractivity contribution in [2.45, 2.75) is 13.0 Å². The van der Waals surface area contributed by atoms with E-state index in [1.807, 2.05) is 29.6 Å². The molecule has 1 aromatic carbocycles. The van der Waals surface area contributed by atoms with Gasteiger partial charge in [0.1, 0.15) is 11.5 Å². The first-order chi connectivity index (χ1) is 13.1. The molecule has 10 heteroatoms. The number of tetrazole rings is 1. The minimum atomic E-state index is -0.451. The molecule has 0 aliphatic rings. The quantitative estimate of drug-likeness (QED) is 0.614. The molecule has 0 radical (unpaired) electrons. The van der Waals surface area contributed by atoms with Gasteiger partial charge in [0.15, 0.2) is 11.5 Å². The Balaban J connectivity index is 1.54. The lowest BCUT2D eigenvalue weighted by Crippen LogP contribution is -2.34. The molecule has 9 nitrogen and oxygen atoms in total. The molecule has 0 aliphatic heterocycles. The molecule has 2 aromatic heterocycles. The molecule has 0 unspecified atom stereocenters. The number of amides is 1. The summed E-state index contributed by atoms with van der Waals surface area (Å²) in [6.45, 7) is 0.234. The van der Waals surface area contributed by atoms with Crippen molar-refractivity contribution in [1.82, 2.24) is 25.1 Å². The van der Waals surface area contributed by atoms with E-state index in [0.29, 0.717) is 29.5 Å². The molecule has 1 N–H and O–H groups in total. The molecule has 0 saturated carbocycles. The van der Waals surface area contributed by atoms with Crippen LogP contribution >= 0.6 is 11.3 Å². The van der Waals surface area contributed by atoms with Crippen molar-refractivity contribution >= 4 is 17.2 Å². The Morgan fingerprint density at radius 1 is 1.19 bits per heavy atom. The summed E-state index contributed by atoms with van der Waals surface area (Å²) in [5.74, 6) is 0.979. The number of carbonyl (C=O) groups excluding carboxylic acids is 1. The van der Waals surface area contributed by atoms with E-state index in [2.05, 4.69) is 15.7 Å². The van der Waals surface area contributed by atoms with Crippen molar-refractivity contribution in [3.8, 4) is 16.5 Å². The highest BCUT2D eigenvalue weighted by molar-refractivity contribution is 7.12. The summed E-state index contributed by atoms with van der Waals surface area (Å²) >= 11 is 1.37. The van der Waals surface area contributed by atoms with E-state index in [-0.39, 0.29) is 12.5 Å². The number of nitrogens with zero attached hydrogens (tertiary/aromatic N) is 4. The number of hydrogen-bond acceptors (Lipinski definition) is 7. The zero-order valence-corrected chi connectivity index (χ0v) is 15.7. The van der Waals surface area contributed by atoms with E-state index >= 15 is 0 Å². The number of carbonyl (C=O) groups is 1. The fraction of sp³-hybridized carbons (Fsp3) is 0.294. The average molecular weight is 389 g/mol. The summed E-state index contributed by atoms with van der Waals surface area (Å²) in [7, 11) is 3.15. The van der Waals surface area contributed by atoms with Crippen LogP contribution in [0.5, 0.6) is 11.5 Å². The largest absolute Gasteiger partial charge is 0.493 e. The van der Waals surface area contributed by atoms with Gasteiger partial charge in [-0.05, 0) is 52.1 Å². The lowest BCUT2D eigenvalue weighted by atomic mass is 10.1. The van der Waals surface area contributed by atoms with Crippen LogP contribution in [-0.2, 0) is 17.8 Å². The van der Waals surface area contributed by atoms with Crippen molar-refractivity contribution in [3.63, 3.8) is 0 Å². The number of methoxy groups -OCH3 is 2. The van der Waals surface area contributed by atoms with E-state index in [4.69, 9.17) is 9.47 Å². The molecule has 0 fully saturated rings. The lowest BCUT2D eigenvalue weighted by molar-refractivity contribution is -0.121. The predicted octanol–water partition coefficient (Wildman–Crippen LogP) is 0.867. The smallest absolute Gasteiger partial charge is 0.369 e. The second-order valence-electron chi connectivity index (χ2n) is 5.57. The van der Waals surface area contributed by atoms with Crippen LogP contribution in [-0.4, -0.2) is 46.5 Å². The number of aromatic nitrogens is 4. The second-order valence-corrected chi connectivity index (χ2v) is 6.50. The van der Waals surface area contributed by atoms with Gasteiger partial charge in [-0.2, -0.15) is 9.36 Å². The third kappa shape index (κ3) is 4.34. The summed E-state index contributed by atoms with van der Waals surface area (Å²) in [6.07, 6.45) is 0.614. The van der Waals surface area contributed by atoms with Gasteiger partial charge >= 0.3 is 5.69 Å². The highest BCUT2D eigenvalue weighted by atomic mass is 32.1. The monoisotopic (exact) mass is 389 g/mol. The maximum absolute atomic E-state index is 12.2. The van der Waals surface area contributed by atoms with Crippen LogP contribution in [0.15, 0.2) is 40.5 Å². The average Bonchev–Trinajstić information content (AvgIpc) is 3.32. The molecule has 142 valence electrons. The molecule has 3 aromatic rings. The number of benzene rings is 1. The van der Waals surface area contributed by atoms with Crippen molar-refractivity contribution in [1.29, 1.82) is 0 Å². The standard InChI is InChI=1S/C17H19N5O4S/c1-25-13-6-5-12(10-14(13)26-2)7-8-18-15(23)11-21-17(24)22(20-19-21)16-4-3-9-27-16/h3-6,9-10H,7-8,11H2,1-2H3,(H,18,23). The van der Waals surface area contributed by atoms with E-state index < -0.39 is 5.69 Å². The van der Waals surface area contributed by atoms with Gasteiger partial charge in [0.25, 0.3) is 0 Å². The van der Waals surface area contributed by atoms with Crippen molar-refractivity contribution in [3.05, 3.63) is 51.8 Å². The maximum Gasteiger partial charge on any atom is 0.369 e. The van der Waals surface area contributed by atoms with Crippen LogP contribution in [0.3, 0.4) is 0 Å². The first kappa shape index (κ1) is 18.6. The normalized spacial score (nSPS) is 10.6. The van der Waals surface area contributed by atoms with Gasteiger partial charge in [-0.3, -0.25) is 4.79 Å². The fourth-order valence-corrected chi connectivity index (χ4v) is 3.14. The van der Waals surface area contributed by atoms with Gasteiger partial charge in [0.05, 0.1) is 14.2 Å². The van der Waals surface area contributed by atoms with Crippen LogP contribution in [0.2, 0.25) is 0 Å². The maximum atomic E-state index is 12.2. The summed E-state index contributed by atoms with van der Waals surface area (Å²) in [4.78, 5) is 24.3. The molecular formula is C17H19N5O4S. The summed E-state index contributed by atoms with van der Waals surface area (Å²) < 4.78 is 12.7. The van der Waals surface area contributed by atoms with E-state index in [1.165, 1.54) is 16.0 Å². The number of ether oxygens (including phenoxy) is 2. The molecular weight excluding hydrogens is 370 g/mol. The van der Waals surface area contributed by atoms with E-state index in [0.717, 1.165) is 10.2 Å². The zero-order valence-electron chi connectivity index (χ0n) is 14.9. The van der Waals surface area contributed by atoms with Gasteiger partial charge in [-0.25, -0.2) is 4.79 Å². The Bertz CT molecular complexity index is 964. The van der Waals surface area contributed by atoms with Gasteiger partial charge in [0.2, 0.25) is 5.91 Å². The minimum absolute atomic E-state index is 0.184. The van der Waals surface area contributed by atoms with Gasteiger partial charge in [0, 0.05) is 6.54 Å². The number of hydrogen-bond donors (Lipinski definition) is 1. The fourth-order valence-electron chi connectivity index (χ4n) is 2.48. The molecule has 0 saturated heterocycles. The van der Waals surface area contributed by atoms with Crippen LogP contribution in [0.25, 0.3) is 5.00 Å². The topological polar surface area (TPSA) is 100 Å². The van der Waals surface area contributed by atoms with Crippen molar-refractivity contribution in [2.24, 2.45) is 0 Å². The first-order valence-corrected chi connectivity index (χ1v) is 9.04. The Morgan fingerprint density at radius 2 is 2.00 bits per heavy atom. The summed E-state index contributed by atoms with van der Waals surface area (Å²) in [5, 5.41) is 12.8. The molecule has 3 rings (SSSR count). The van der Waals surface area contributed by atoms with Crippen LogP contribution in [0, 0.1) is 0 Å². The Labute approximate surface area is 159 Å². The zero-order chi connectivity index (χ0) is 19.2. The van der Waals surface area contributed by atoms with Crippen LogP contribution in [0.1, 0.15) is 5.56 Å². The predicted molar refractivity (Wildman–Crippen MR) is 99.8 cm³/mol. The lowest BCUT2D eigenvalue weighted by Gasteiger charge is -2.10. The molecule has 0 spiro atoms. The summed E-state index contributed by atoms with van der Waals surface area (Å²) in [5.41, 5.74) is 0.543. The van der Waals surface area contributed by atoms with Crippen molar-refractivity contribution in [2.75, 3.05) is 20.8 Å². The highest BCUT2D eigenvalue weighted by Crippen LogP contribution is 2.27. The second kappa shape index (κ2) is 8.49. The SMILES string of the molecule is COc1ccc(CCNC(=O)Cn2nnn(-c3cccs3)c2=O)cc1OC. The molecule has 1 amide bonds. The number of rotatable bonds is 8. The number of thiophene rings is 1. The van der Waals surface area contributed by atoms with E-state index in [1.54, 1.807) is 20.3 Å². The first-order valence-electron chi connectivity index (χ1n) is 8.16. The summed E-state index contributed by atoms with van der Waals surface area (Å²) in [6, 6.07) is 9.16. The highest BCUT2D eigenvalue weighted by Gasteiger charge is 2.12. The molecule has 0 atom stereocenters. The molecule has 2 heterocycles. The number of nitrogens with one attached hydrogen (secondary N) is 1. The van der Waals surface area contributed by atoms with Crippen molar-refractivity contribution < 1.29 is 14.3 Å². The third-order valence-corrected chi connectivity index (χ3v) is 4.68. The molecule has 0 bridgehead atoms. The van der Waals surface area contributed by atoms with Crippen LogP contribution in [0.4, 0.5) is 0 Å². The van der Waals surface area contributed by atoms with Gasteiger partial charge in [-0.15, -0.1) is 11.3 Å². The molecule has 27 heavy (non-hydrogen) atoms. The molecule has 0 aliphatic carbocycles. The Hall–Kier alpha value is -3.14. The van der Waals surface area contributed by atoms with Crippen LogP contribution < -0.4 is 20.5 Å².